The van der Waals surface area contributed by atoms with E-state index in [9.17, 15) is 0 Å². The second-order valence-corrected chi connectivity index (χ2v) is 5.88. The highest BCUT2D eigenvalue weighted by Crippen LogP contribution is 2.33. The second-order valence-electron chi connectivity index (χ2n) is 5.88. The molecular formula is C15H22N4. The highest BCUT2D eigenvalue weighted by molar-refractivity contribution is 5.78. The summed E-state index contributed by atoms with van der Waals surface area (Å²) in [4.78, 5) is 4.51. The van der Waals surface area contributed by atoms with E-state index in [-0.39, 0.29) is 0 Å². The van der Waals surface area contributed by atoms with Crippen molar-refractivity contribution in [3.63, 3.8) is 0 Å². The van der Waals surface area contributed by atoms with Gasteiger partial charge in [-0.25, -0.2) is 4.98 Å². The molecule has 2 aromatic rings. The molecule has 1 aliphatic rings. The van der Waals surface area contributed by atoms with Crippen molar-refractivity contribution < 1.29 is 0 Å². The average Bonchev–Trinajstić information content (AvgIpc) is 3.15. The molecule has 4 nitrogen and oxygen atoms in total. The van der Waals surface area contributed by atoms with E-state index in [0.717, 1.165) is 29.2 Å². The molecule has 1 aliphatic carbocycles. The second kappa shape index (κ2) is 4.93. The summed E-state index contributed by atoms with van der Waals surface area (Å²) in [7, 11) is 1.94. The molecule has 1 atom stereocenters. The number of aromatic nitrogens is 3. The van der Waals surface area contributed by atoms with Crippen molar-refractivity contribution in [1.82, 2.24) is 20.1 Å². The molecule has 102 valence electrons. The lowest BCUT2D eigenvalue weighted by Gasteiger charge is -2.13. The van der Waals surface area contributed by atoms with E-state index in [0.29, 0.717) is 6.04 Å². The summed E-state index contributed by atoms with van der Waals surface area (Å²) >= 11 is 0. The van der Waals surface area contributed by atoms with E-state index >= 15 is 0 Å². The van der Waals surface area contributed by atoms with Crippen LogP contribution < -0.4 is 5.32 Å². The maximum atomic E-state index is 4.51. The van der Waals surface area contributed by atoms with Gasteiger partial charge in [0, 0.05) is 31.2 Å². The summed E-state index contributed by atoms with van der Waals surface area (Å²) < 4.78 is 1.84. The molecule has 0 bridgehead atoms. The van der Waals surface area contributed by atoms with Crippen LogP contribution in [0.15, 0.2) is 12.3 Å². The number of pyridine rings is 1. The van der Waals surface area contributed by atoms with Crippen LogP contribution >= 0.6 is 0 Å². The van der Waals surface area contributed by atoms with Gasteiger partial charge in [-0.05, 0) is 37.8 Å². The summed E-state index contributed by atoms with van der Waals surface area (Å²) in [5, 5.41) is 9.17. The Morgan fingerprint density at radius 1 is 1.47 bits per heavy atom. The Morgan fingerprint density at radius 3 is 3.00 bits per heavy atom. The Kier molecular flexibility index (Phi) is 3.27. The molecule has 2 heterocycles. The summed E-state index contributed by atoms with van der Waals surface area (Å²) in [6.07, 6.45) is 6.12. The van der Waals surface area contributed by atoms with Gasteiger partial charge in [0.05, 0.1) is 5.69 Å². The molecule has 0 aromatic carbocycles. The zero-order valence-electron chi connectivity index (χ0n) is 12.0. The third-order valence-corrected chi connectivity index (χ3v) is 3.96. The molecule has 0 spiro atoms. The van der Waals surface area contributed by atoms with Crippen molar-refractivity contribution >= 4 is 11.0 Å². The van der Waals surface area contributed by atoms with Crippen LogP contribution in [0.5, 0.6) is 0 Å². The Labute approximate surface area is 114 Å². The summed E-state index contributed by atoms with van der Waals surface area (Å²) in [6, 6.07) is 2.81. The summed E-state index contributed by atoms with van der Waals surface area (Å²) in [5.74, 6) is 0.976. The number of fused-ring (bicyclic) bond motifs is 1. The van der Waals surface area contributed by atoms with Crippen molar-refractivity contribution in [1.29, 1.82) is 0 Å². The first-order valence-electron chi connectivity index (χ1n) is 7.15. The predicted octanol–water partition coefficient (Wildman–Crippen LogP) is 2.55. The first-order chi connectivity index (χ1) is 9.13. The first kappa shape index (κ1) is 12.6. The monoisotopic (exact) mass is 258 g/mol. The molecule has 0 radical (unpaired) electrons. The van der Waals surface area contributed by atoms with Gasteiger partial charge < -0.3 is 5.32 Å². The van der Waals surface area contributed by atoms with Crippen molar-refractivity contribution in [2.45, 2.75) is 45.7 Å². The predicted molar refractivity (Wildman–Crippen MR) is 76.9 cm³/mol. The summed E-state index contributed by atoms with van der Waals surface area (Å²) in [5.41, 5.74) is 3.26. The van der Waals surface area contributed by atoms with Crippen LogP contribution in [0, 0.1) is 12.8 Å². The standard InChI is InChI=1S/C15H22N4/c1-10(6-12-4-5-12)16-8-13-7-14-11(2)18-19(3)15(14)17-9-13/h7,9-10,12,16H,4-6,8H2,1-3H3. The molecule has 1 unspecified atom stereocenters. The molecule has 19 heavy (non-hydrogen) atoms. The molecule has 2 aromatic heterocycles. The van der Waals surface area contributed by atoms with Crippen LogP contribution in [-0.2, 0) is 13.6 Å². The number of hydrogen-bond donors (Lipinski definition) is 1. The highest BCUT2D eigenvalue weighted by atomic mass is 15.3. The fraction of sp³-hybridized carbons (Fsp3) is 0.600. The smallest absolute Gasteiger partial charge is 0.157 e. The summed E-state index contributed by atoms with van der Waals surface area (Å²) in [6.45, 7) is 5.21. The first-order valence-corrected chi connectivity index (χ1v) is 7.15. The molecule has 1 fully saturated rings. The zero-order valence-corrected chi connectivity index (χ0v) is 12.0. The van der Waals surface area contributed by atoms with Crippen molar-refractivity contribution in [3.8, 4) is 0 Å². The van der Waals surface area contributed by atoms with Gasteiger partial charge >= 0.3 is 0 Å². The molecular weight excluding hydrogens is 236 g/mol. The Balaban J connectivity index is 1.68. The number of nitrogens with one attached hydrogen (secondary N) is 1. The quantitative estimate of drug-likeness (QED) is 0.896. The molecule has 1 saturated carbocycles. The third kappa shape index (κ3) is 2.78. The molecule has 1 N–H and O–H groups in total. The normalized spacial score (nSPS) is 17.0. The lowest BCUT2D eigenvalue weighted by Crippen LogP contribution is -2.25. The van der Waals surface area contributed by atoms with E-state index in [1.54, 1.807) is 0 Å². The molecule has 3 rings (SSSR count). The fourth-order valence-electron chi connectivity index (χ4n) is 2.68. The molecule has 0 saturated heterocycles. The Morgan fingerprint density at radius 2 is 2.26 bits per heavy atom. The number of hydrogen-bond acceptors (Lipinski definition) is 3. The van der Waals surface area contributed by atoms with Crippen LogP contribution in [0.1, 0.15) is 37.4 Å². The lowest BCUT2D eigenvalue weighted by molar-refractivity contribution is 0.487. The van der Waals surface area contributed by atoms with Gasteiger partial charge in [0.25, 0.3) is 0 Å². The number of rotatable bonds is 5. The molecule has 4 heteroatoms. The van der Waals surface area contributed by atoms with Crippen LogP contribution in [0.4, 0.5) is 0 Å². The van der Waals surface area contributed by atoms with E-state index in [1.807, 2.05) is 24.9 Å². The van der Waals surface area contributed by atoms with Crippen molar-refractivity contribution in [3.05, 3.63) is 23.5 Å². The number of aryl methyl sites for hydroxylation is 2. The van der Waals surface area contributed by atoms with Gasteiger partial charge in [-0.1, -0.05) is 12.8 Å². The highest BCUT2D eigenvalue weighted by Gasteiger charge is 2.23. The lowest BCUT2D eigenvalue weighted by atomic mass is 10.1. The maximum Gasteiger partial charge on any atom is 0.157 e. The average molecular weight is 258 g/mol. The van der Waals surface area contributed by atoms with Gasteiger partial charge in [0.2, 0.25) is 0 Å². The van der Waals surface area contributed by atoms with Crippen LogP contribution in [-0.4, -0.2) is 20.8 Å². The van der Waals surface area contributed by atoms with Gasteiger partial charge in [0.15, 0.2) is 5.65 Å². The largest absolute Gasteiger partial charge is 0.310 e. The van der Waals surface area contributed by atoms with Crippen molar-refractivity contribution in [2.24, 2.45) is 13.0 Å². The van der Waals surface area contributed by atoms with E-state index in [2.05, 4.69) is 28.4 Å². The van der Waals surface area contributed by atoms with Crippen molar-refractivity contribution in [2.75, 3.05) is 0 Å². The Hall–Kier alpha value is -1.42. The minimum atomic E-state index is 0.596. The van der Waals surface area contributed by atoms with E-state index in [1.165, 1.54) is 24.8 Å². The maximum absolute atomic E-state index is 4.51. The van der Waals surface area contributed by atoms with Gasteiger partial charge in [-0.15, -0.1) is 0 Å². The van der Waals surface area contributed by atoms with Crippen LogP contribution in [0.3, 0.4) is 0 Å². The molecule has 0 aliphatic heterocycles. The van der Waals surface area contributed by atoms with E-state index in [4.69, 9.17) is 0 Å². The Bertz CT molecular complexity index is 583. The topological polar surface area (TPSA) is 42.7 Å². The van der Waals surface area contributed by atoms with E-state index < -0.39 is 0 Å². The minimum absolute atomic E-state index is 0.596. The minimum Gasteiger partial charge on any atom is -0.310 e. The third-order valence-electron chi connectivity index (χ3n) is 3.96. The van der Waals surface area contributed by atoms with Crippen LogP contribution in [0.2, 0.25) is 0 Å². The number of nitrogens with zero attached hydrogens (tertiary/aromatic N) is 3. The van der Waals surface area contributed by atoms with Crippen LogP contribution in [0.25, 0.3) is 11.0 Å². The van der Waals surface area contributed by atoms with Gasteiger partial charge in [-0.2, -0.15) is 5.10 Å². The SMILES string of the molecule is Cc1nn(C)c2ncc(CNC(C)CC3CC3)cc12. The zero-order chi connectivity index (χ0) is 13.4. The fourth-order valence-corrected chi connectivity index (χ4v) is 2.68. The van der Waals surface area contributed by atoms with Gasteiger partial charge in [-0.3, -0.25) is 4.68 Å². The van der Waals surface area contributed by atoms with Gasteiger partial charge in [0.1, 0.15) is 0 Å². The molecule has 0 amide bonds.